The molecule has 188 valence electrons. The number of aliphatic hydroxyl groups excluding tert-OH is 1. The molecule has 0 fully saturated rings. The molecule has 0 aliphatic carbocycles. The summed E-state index contributed by atoms with van der Waals surface area (Å²) in [6.45, 7) is 1.24. The molecule has 0 aliphatic heterocycles. The average molecular weight is 484 g/mol. The van der Waals surface area contributed by atoms with E-state index in [9.17, 15) is 39.0 Å². The maximum Gasteiger partial charge on any atom is 0.326 e. The van der Waals surface area contributed by atoms with Crippen LogP contribution in [0, 0.1) is 0 Å². The van der Waals surface area contributed by atoms with Crippen molar-refractivity contribution in [2.45, 2.75) is 56.5 Å². The minimum atomic E-state index is -1.67. The number of nitrogens with one attached hydrogen (secondary N) is 4. The van der Waals surface area contributed by atoms with Crippen LogP contribution in [0.25, 0.3) is 0 Å². The zero-order valence-electron chi connectivity index (χ0n) is 18.2. The van der Waals surface area contributed by atoms with Gasteiger partial charge in [0.15, 0.2) is 0 Å². The monoisotopic (exact) mass is 484 g/mol. The van der Waals surface area contributed by atoms with E-state index >= 15 is 0 Å². The van der Waals surface area contributed by atoms with Crippen LogP contribution in [-0.4, -0.2) is 86.0 Å². The Balaban J connectivity index is 3.10. The summed E-state index contributed by atoms with van der Waals surface area (Å²) in [5.74, 6) is -6.47. The van der Waals surface area contributed by atoms with Gasteiger partial charge in [0, 0.05) is 18.3 Å². The first-order valence-electron chi connectivity index (χ1n) is 9.93. The lowest BCUT2D eigenvalue weighted by Gasteiger charge is -2.24. The van der Waals surface area contributed by atoms with Crippen LogP contribution in [0.3, 0.4) is 0 Å². The van der Waals surface area contributed by atoms with Crippen LogP contribution in [-0.2, 0) is 35.2 Å². The molecule has 0 saturated heterocycles. The molecular weight excluding hydrogens is 456 g/mol. The summed E-state index contributed by atoms with van der Waals surface area (Å²) in [4.78, 5) is 78.1. The number of imidazole rings is 1. The van der Waals surface area contributed by atoms with Gasteiger partial charge < -0.3 is 48.3 Å². The van der Waals surface area contributed by atoms with Gasteiger partial charge in [0.2, 0.25) is 29.5 Å². The minimum Gasteiger partial charge on any atom is -0.480 e. The van der Waals surface area contributed by atoms with Gasteiger partial charge in [-0.3, -0.25) is 24.0 Å². The highest BCUT2D eigenvalue weighted by Crippen LogP contribution is 2.04. The zero-order valence-corrected chi connectivity index (χ0v) is 18.2. The van der Waals surface area contributed by atoms with Gasteiger partial charge in [-0.15, -0.1) is 0 Å². The van der Waals surface area contributed by atoms with Gasteiger partial charge in [-0.2, -0.15) is 0 Å². The Morgan fingerprint density at radius 3 is 1.91 bits per heavy atom. The van der Waals surface area contributed by atoms with Crippen LogP contribution in [0.4, 0.5) is 0 Å². The molecule has 0 aliphatic rings. The predicted molar refractivity (Wildman–Crippen MR) is 113 cm³/mol. The van der Waals surface area contributed by atoms with Crippen LogP contribution in [0.1, 0.15) is 25.5 Å². The number of carboxylic acid groups (broad SMARTS) is 1. The maximum atomic E-state index is 12.8. The van der Waals surface area contributed by atoms with Crippen molar-refractivity contribution < 1.29 is 39.0 Å². The highest BCUT2D eigenvalue weighted by molar-refractivity contribution is 5.96. The summed E-state index contributed by atoms with van der Waals surface area (Å²) >= 11 is 0. The number of aromatic nitrogens is 2. The molecule has 12 N–H and O–H groups in total. The number of carbonyl (C=O) groups excluding carboxylic acids is 5. The molecule has 5 unspecified atom stereocenters. The molecule has 0 spiro atoms. The van der Waals surface area contributed by atoms with Gasteiger partial charge in [-0.25, -0.2) is 9.78 Å². The summed E-state index contributed by atoms with van der Waals surface area (Å²) in [6, 6.07) is -6.08. The normalized spacial score (nSPS) is 15.1. The highest BCUT2D eigenvalue weighted by Gasteiger charge is 2.32. The summed E-state index contributed by atoms with van der Waals surface area (Å²) in [7, 11) is 0. The van der Waals surface area contributed by atoms with E-state index in [4.69, 9.17) is 17.2 Å². The first-order valence-corrected chi connectivity index (χ1v) is 9.93. The van der Waals surface area contributed by atoms with Gasteiger partial charge in [-0.05, 0) is 6.92 Å². The fraction of sp³-hybridized carbons (Fsp3) is 0.500. The second-order valence-corrected chi connectivity index (χ2v) is 7.41. The highest BCUT2D eigenvalue weighted by atomic mass is 16.4. The number of nitrogens with two attached hydrogens (primary N) is 3. The van der Waals surface area contributed by atoms with Crippen LogP contribution in [0.2, 0.25) is 0 Å². The van der Waals surface area contributed by atoms with Gasteiger partial charge in [0.25, 0.3) is 0 Å². The number of H-pyrrole nitrogens is 1. The number of amides is 5. The quantitative estimate of drug-likeness (QED) is 0.121. The van der Waals surface area contributed by atoms with E-state index in [2.05, 4.69) is 25.9 Å². The predicted octanol–water partition coefficient (Wildman–Crippen LogP) is -5.05. The van der Waals surface area contributed by atoms with Crippen molar-refractivity contribution in [2.75, 3.05) is 0 Å². The van der Waals surface area contributed by atoms with Gasteiger partial charge in [-0.1, -0.05) is 0 Å². The molecule has 0 aromatic carbocycles. The molecule has 0 bridgehead atoms. The molecular formula is C18H28N8O8. The second kappa shape index (κ2) is 12.9. The van der Waals surface area contributed by atoms with Crippen LogP contribution in [0.5, 0.6) is 0 Å². The van der Waals surface area contributed by atoms with Crippen molar-refractivity contribution in [1.29, 1.82) is 0 Å². The molecule has 16 nitrogen and oxygen atoms in total. The fourth-order valence-corrected chi connectivity index (χ4v) is 2.67. The van der Waals surface area contributed by atoms with E-state index in [0.29, 0.717) is 5.69 Å². The molecule has 0 saturated carbocycles. The molecule has 5 atom stereocenters. The molecule has 1 heterocycles. The summed E-state index contributed by atoms with van der Waals surface area (Å²) < 4.78 is 0. The van der Waals surface area contributed by atoms with Crippen molar-refractivity contribution in [3.8, 4) is 0 Å². The third-order valence-electron chi connectivity index (χ3n) is 4.49. The zero-order chi connectivity index (χ0) is 26.0. The number of hydrogen-bond donors (Lipinski definition) is 9. The maximum absolute atomic E-state index is 12.8. The number of carboxylic acids is 1. The number of carbonyl (C=O) groups is 6. The topological polar surface area (TPSA) is 286 Å². The number of aromatic amines is 1. The lowest BCUT2D eigenvalue weighted by molar-refractivity contribution is -0.143. The number of aliphatic carboxylic acids is 1. The lowest BCUT2D eigenvalue weighted by Crippen LogP contribution is -2.59. The largest absolute Gasteiger partial charge is 0.480 e. The minimum absolute atomic E-state index is 0.203. The van der Waals surface area contributed by atoms with E-state index in [1.807, 2.05) is 0 Å². The standard InChI is InChI=1S/C18H28N8O8/c1-7(27)14(21)17(32)25-10(3-12(19)28)16(31)24-9(2-8-5-22-6-23-8)15(30)26-11(18(33)34)4-13(20)29/h5-7,9-11,14,27H,2-4,21H2,1H3,(H2,19,28)(H2,20,29)(H,22,23)(H,24,31)(H,25,32)(H,26,30)(H,33,34). The Morgan fingerprint density at radius 2 is 1.44 bits per heavy atom. The molecule has 1 aromatic rings. The van der Waals surface area contributed by atoms with Gasteiger partial charge in [0.05, 0.1) is 25.3 Å². The smallest absolute Gasteiger partial charge is 0.326 e. The Morgan fingerprint density at radius 1 is 0.941 bits per heavy atom. The van der Waals surface area contributed by atoms with Gasteiger partial charge in [0.1, 0.15) is 24.2 Å². The Hall–Kier alpha value is -4.05. The summed E-state index contributed by atoms with van der Waals surface area (Å²) in [5, 5.41) is 25.2. The molecule has 16 heteroatoms. The van der Waals surface area contributed by atoms with E-state index in [-0.39, 0.29) is 6.42 Å². The fourth-order valence-electron chi connectivity index (χ4n) is 2.67. The number of nitrogens with zero attached hydrogens (tertiary/aromatic N) is 1. The molecule has 0 radical (unpaired) electrons. The second-order valence-electron chi connectivity index (χ2n) is 7.41. The van der Waals surface area contributed by atoms with E-state index in [1.54, 1.807) is 0 Å². The molecule has 5 amide bonds. The Kier molecular flexibility index (Phi) is 10.6. The van der Waals surface area contributed by atoms with E-state index in [1.165, 1.54) is 19.4 Å². The van der Waals surface area contributed by atoms with Crippen LogP contribution >= 0.6 is 0 Å². The number of aliphatic hydroxyl groups is 1. The van der Waals surface area contributed by atoms with Crippen molar-refractivity contribution in [2.24, 2.45) is 17.2 Å². The van der Waals surface area contributed by atoms with Crippen molar-refractivity contribution in [1.82, 2.24) is 25.9 Å². The van der Waals surface area contributed by atoms with Crippen molar-refractivity contribution >= 4 is 35.5 Å². The third-order valence-corrected chi connectivity index (χ3v) is 4.49. The SMILES string of the molecule is CC(O)C(N)C(=O)NC(CC(N)=O)C(=O)NC(Cc1cnc[nH]1)C(=O)NC(CC(N)=O)C(=O)O. The van der Waals surface area contributed by atoms with Crippen LogP contribution in [0.15, 0.2) is 12.5 Å². The van der Waals surface area contributed by atoms with Crippen molar-refractivity contribution in [3.05, 3.63) is 18.2 Å². The first-order chi connectivity index (χ1) is 15.8. The molecule has 1 rings (SSSR count). The molecule has 34 heavy (non-hydrogen) atoms. The van der Waals surface area contributed by atoms with Gasteiger partial charge >= 0.3 is 5.97 Å². The molecule has 1 aromatic heterocycles. The lowest BCUT2D eigenvalue weighted by atomic mass is 10.1. The Labute approximate surface area is 193 Å². The van der Waals surface area contributed by atoms with Crippen molar-refractivity contribution in [3.63, 3.8) is 0 Å². The Bertz CT molecular complexity index is 904. The summed E-state index contributed by atoms with van der Waals surface area (Å²) in [6.07, 6.45) is -0.202. The number of rotatable bonds is 14. The van der Waals surface area contributed by atoms with Crippen LogP contribution < -0.4 is 33.2 Å². The average Bonchev–Trinajstić information content (AvgIpc) is 3.23. The third kappa shape index (κ3) is 9.21. The number of primary amides is 2. The van der Waals surface area contributed by atoms with E-state index in [0.717, 1.165) is 0 Å². The first kappa shape index (κ1) is 28.0. The number of hydrogen-bond acceptors (Lipinski definition) is 9. The summed E-state index contributed by atoms with van der Waals surface area (Å²) in [5.41, 5.74) is 16.0. The van der Waals surface area contributed by atoms with E-state index < -0.39 is 78.6 Å².